The van der Waals surface area contributed by atoms with Gasteiger partial charge in [-0.3, -0.25) is 4.79 Å². The number of amides is 1. The highest BCUT2D eigenvalue weighted by Gasteiger charge is 2.26. The molecule has 2 aliphatic heterocycles. The molecule has 3 aromatic rings. The number of phenolic OH excluding ortho intramolecular Hbond substituents is 1. The maximum Gasteiger partial charge on any atom is 0.253 e. The first-order valence-corrected chi connectivity index (χ1v) is 11.0. The number of carbonyl (C=O) groups excluding carboxylic acids is 1. The fraction of sp³-hybridized carbons (Fsp3) is 0.375. The van der Waals surface area contributed by atoms with Crippen LogP contribution >= 0.6 is 0 Å². The van der Waals surface area contributed by atoms with Gasteiger partial charge in [-0.05, 0) is 43.5 Å². The van der Waals surface area contributed by atoms with E-state index in [0.717, 1.165) is 59.7 Å². The van der Waals surface area contributed by atoms with E-state index in [0.29, 0.717) is 26.2 Å². The molecule has 0 radical (unpaired) electrons. The number of aromatic nitrogens is 2. The largest absolute Gasteiger partial charge is 0.508 e. The van der Waals surface area contributed by atoms with Crippen molar-refractivity contribution in [3.05, 3.63) is 53.6 Å². The molecule has 0 unspecified atom stereocenters. The smallest absolute Gasteiger partial charge is 0.253 e. The van der Waals surface area contributed by atoms with Crippen LogP contribution in [0, 0.1) is 6.92 Å². The van der Waals surface area contributed by atoms with Gasteiger partial charge < -0.3 is 19.8 Å². The predicted octanol–water partition coefficient (Wildman–Crippen LogP) is 3.21. The molecule has 2 fully saturated rings. The first-order valence-electron chi connectivity index (χ1n) is 11.0. The summed E-state index contributed by atoms with van der Waals surface area (Å²) in [4.78, 5) is 28.9. The third kappa shape index (κ3) is 3.76. The highest BCUT2D eigenvalue weighted by Crippen LogP contribution is 2.32. The molecule has 1 N–H and O–H groups in total. The number of aryl methyl sites for hydroxylation is 1. The minimum atomic E-state index is 0.0753. The average molecular weight is 418 g/mol. The van der Waals surface area contributed by atoms with Crippen molar-refractivity contribution in [1.29, 1.82) is 0 Å². The van der Waals surface area contributed by atoms with Crippen molar-refractivity contribution in [2.45, 2.75) is 19.8 Å². The minimum Gasteiger partial charge on any atom is -0.508 e. The van der Waals surface area contributed by atoms with E-state index in [-0.39, 0.29) is 11.7 Å². The first kappa shape index (κ1) is 19.6. The molecule has 7 heteroatoms. The summed E-state index contributed by atoms with van der Waals surface area (Å²) in [6.07, 6.45) is 2.30. The number of hydrogen-bond donors (Lipinski definition) is 1. The standard InChI is InChI=1S/C24H27N5O2/c1-17-15-19-20(16-21(17)30)25-24(29-9-5-6-10-29)26-22(19)27-11-13-28(14-12-27)23(31)18-7-3-2-4-8-18/h2-4,7-8,15-16,30H,5-6,9-14H2,1H3. The summed E-state index contributed by atoms with van der Waals surface area (Å²) in [5.41, 5.74) is 2.30. The maximum absolute atomic E-state index is 12.8. The fourth-order valence-corrected chi connectivity index (χ4v) is 4.43. The SMILES string of the molecule is Cc1cc2c(N3CCN(C(=O)c4ccccc4)CC3)nc(N3CCCC3)nc2cc1O. The Labute approximate surface area is 181 Å². The number of hydrogen-bond acceptors (Lipinski definition) is 6. The van der Waals surface area contributed by atoms with Gasteiger partial charge in [0.1, 0.15) is 11.6 Å². The Morgan fingerprint density at radius 1 is 0.903 bits per heavy atom. The Hall–Kier alpha value is -3.35. The number of benzene rings is 2. The van der Waals surface area contributed by atoms with Crippen LogP contribution in [0.25, 0.3) is 10.9 Å². The summed E-state index contributed by atoms with van der Waals surface area (Å²) >= 11 is 0. The van der Waals surface area contributed by atoms with Gasteiger partial charge >= 0.3 is 0 Å². The Morgan fingerprint density at radius 3 is 2.32 bits per heavy atom. The second kappa shape index (κ2) is 8.06. The molecule has 1 aromatic heterocycles. The monoisotopic (exact) mass is 417 g/mol. The van der Waals surface area contributed by atoms with Crippen LogP contribution in [0.2, 0.25) is 0 Å². The molecule has 0 saturated carbocycles. The molecular weight excluding hydrogens is 390 g/mol. The number of aromatic hydroxyl groups is 1. The second-order valence-corrected chi connectivity index (χ2v) is 8.34. The molecule has 0 spiro atoms. The molecule has 0 bridgehead atoms. The highest BCUT2D eigenvalue weighted by atomic mass is 16.3. The summed E-state index contributed by atoms with van der Waals surface area (Å²) in [6, 6.07) is 13.2. The molecule has 2 saturated heterocycles. The van der Waals surface area contributed by atoms with Crippen LogP contribution in [0.1, 0.15) is 28.8 Å². The number of phenols is 1. The number of rotatable bonds is 3. The number of carbonyl (C=O) groups is 1. The summed E-state index contributed by atoms with van der Waals surface area (Å²) in [7, 11) is 0. The molecule has 3 heterocycles. The van der Waals surface area contributed by atoms with E-state index in [1.807, 2.05) is 48.2 Å². The Balaban J connectivity index is 1.44. The molecule has 2 aliphatic rings. The molecule has 0 atom stereocenters. The normalized spacial score (nSPS) is 16.9. The molecule has 5 rings (SSSR count). The van der Waals surface area contributed by atoms with Gasteiger partial charge in [0.05, 0.1) is 5.52 Å². The fourth-order valence-electron chi connectivity index (χ4n) is 4.43. The average Bonchev–Trinajstić information content (AvgIpc) is 3.35. The Kier molecular flexibility index (Phi) is 5.10. The molecule has 2 aromatic carbocycles. The highest BCUT2D eigenvalue weighted by molar-refractivity contribution is 5.95. The van der Waals surface area contributed by atoms with Crippen molar-refractivity contribution in [1.82, 2.24) is 14.9 Å². The zero-order chi connectivity index (χ0) is 21.4. The number of fused-ring (bicyclic) bond motifs is 1. The van der Waals surface area contributed by atoms with Crippen molar-refractivity contribution < 1.29 is 9.90 Å². The van der Waals surface area contributed by atoms with Crippen LogP contribution in [0.5, 0.6) is 5.75 Å². The van der Waals surface area contributed by atoms with E-state index in [4.69, 9.17) is 9.97 Å². The first-order chi connectivity index (χ1) is 15.1. The molecular formula is C24H27N5O2. The van der Waals surface area contributed by atoms with Gasteiger partial charge in [-0.2, -0.15) is 4.98 Å². The van der Waals surface area contributed by atoms with Crippen LogP contribution in [0.4, 0.5) is 11.8 Å². The van der Waals surface area contributed by atoms with E-state index >= 15 is 0 Å². The third-order valence-electron chi connectivity index (χ3n) is 6.26. The summed E-state index contributed by atoms with van der Waals surface area (Å²) in [5, 5.41) is 11.2. The van der Waals surface area contributed by atoms with Crippen molar-refractivity contribution in [3.8, 4) is 5.75 Å². The van der Waals surface area contributed by atoms with Gasteiger partial charge in [-0.25, -0.2) is 4.98 Å². The lowest BCUT2D eigenvalue weighted by Crippen LogP contribution is -2.49. The quantitative estimate of drug-likeness (QED) is 0.706. The molecule has 7 nitrogen and oxygen atoms in total. The van der Waals surface area contributed by atoms with E-state index in [2.05, 4.69) is 9.80 Å². The van der Waals surface area contributed by atoms with Gasteiger partial charge in [0.2, 0.25) is 5.95 Å². The van der Waals surface area contributed by atoms with E-state index in [9.17, 15) is 9.90 Å². The van der Waals surface area contributed by atoms with Crippen LogP contribution < -0.4 is 9.80 Å². The molecule has 31 heavy (non-hydrogen) atoms. The van der Waals surface area contributed by atoms with Crippen molar-refractivity contribution >= 4 is 28.6 Å². The van der Waals surface area contributed by atoms with Crippen molar-refractivity contribution in [3.63, 3.8) is 0 Å². The van der Waals surface area contributed by atoms with Crippen LogP contribution in [-0.2, 0) is 0 Å². The van der Waals surface area contributed by atoms with E-state index < -0.39 is 0 Å². The summed E-state index contributed by atoms with van der Waals surface area (Å²) in [5.74, 6) is 1.95. The molecule has 1 amide bonds. The Bertz CT molecular complexity index is 1100. The van der Waals surface area contributed by atoms with Gasteiger partial charge in [-0.1, -0.05) is 18.2 Å². The summed E-state index contributed by atoms with van der Waals surface area (Å²) < 4.78 is 0. The van der Waals surface area contributed by atoms with Crippen LogP contribution in [0.15, 0.2) is 42.5 Å². The Morgan fingerprint density at radius 2 is 1.61 bits per heavy atom. The van der Waals surface area contributed by atoms with Crippen molar-refractivity contribution in [2.24, 2.45) is 0 Å². The van der Waals surface area contributed by atoms with Gasteiger partial charge in [0, 0.05) is 56.3 Å². The van der Waals surface area contributed by atoms with Crippen molar-refractivity contribution in [2.75, 3.05) is 49.1 Å². The lowest BCUT2D eigenvalue weighted by molar-refractivity contribution is 0.0746. The maximum atomic E-state index is 12.8. The van der Waals surface area contributed by atoms with Gasteiger partial charge in [0.25, 0.3) is 5.91 Å². The number of nitrogens with zero attached hydrogens (tertiary/aromatic N) is 5. The lowest BCUT2D eigenvalue weighted by Gasteiger charge is -2.36. The van der Waals surface area contributed by atoms with E-state index in [1.54, 1.807) is 6.07 Å². The van der Waals surface area contributed by atoms with Gasteiger partial charge in [-0.15, -0.1) is 0 Å². The lowest BCUT2D eigenvalue weighted by atomic mass is 10.1. The van der Waals surface area contributed by atoms with Gasteiger partial charge in [0.15, 0.2) is 0 Å². The topological polar surface area (TPSA) is 72.8 Å². The minimum absolute atomic E-state index is 0.0753. The zero-order valence-electron chi connectivity index (χ0n) is 17.8. The number of anilines is 2. The second-order valence-electron chi connectivity index (χ2n) is 8.34. The zero-order valence-corrected chi connectivity index (χ0v) is 17.8. The third-order valence-corrected chi connectivity index (χ3v) is 6.26. The molecule has 160 valence electrons. The number of piperazine rings is 1. The summed E-state index contributed by atoms with van der Waals surface area (Å²) in [6.45, 7) is 6.53. The van der Waals surface area contributed by atoms with Crippen LogP contribution in [-0.4, -0.2) is 65.2 Å². The predicted molar refractivity (Wildman–Crippen MR) is 122 cm³/mol. The molecule has 0 aliphatic carbocycles. The van der Waals surface area contributed by atoms with E-state index in [1.165, 1.54) is 0 Å². The van der Waals surface area contributed by atoms with Crippen LogP contribution in [0.3, 0.4) is 0 Å².